The predicted molar refractivity (Wildman–Crippen MR) is 158 cm³/mol. The molecule has 2 amide bonds. The second-order valence-corrected chi connectivity index (χ2v) is 11.1. The molecule has 3 aromatic rings. The molecular formula is C32H33BN2O8. The van der Waals surface area contributed by atoms with E-state index in [1.54, 1.807) is 31.5 Å². The lowest BCUT2D eigenvalue weighted by molar-refractivity contribution is -0.122. The van der Waals surface area contributed by atoms with Crippen LogP contribution in [0.4, 0.5) is 5.69 Å². The highest BCUT2D eigenvalue weighted by Crippen LogP contribution is 2.50. The van der Waals surface area contributed by atoms with Crippen LogP contribution in [0.3, 0.4) is 0 Å². The van der Waals surface area contributed by atoms with Crippen LogP contribution < -0.4 is 10.4 Å². The van der Waals surface area contributed by atoms with Gasteiger partial charge in [-0.05, 0) is 83.9 Å². The van der Waals surface area contributed by atoms with Gasteiger partial charge >= 0.3 is 7.12 Å². The first-order valence-corrected chi connectivity index (χ1v) is 14.4. The summed E-state index contributed by atoms with van der Waals surface area (Å²) in [5, 5.41) is 28.7. The predicted octanol–water partition coefficient (Wildman–Crippen LogP) is 2.33. The molecule has 11 heteroatoms. The Balaban J connectivity index is 1.27. The van der Waals surface area contributed by atoms with Crippen molar-refractivity contribution < 1.29 is 38.6 Å². The van der Waals surface area contributed by atoms with Crippen LogP contribution in [-0.4, -0.2) is 65.5 Å². The second-order valence-electron chi connectivity index (χ2n) is 11.1. The number of anilines is 1. The molecule has 2 aliphatic heterocycles. The number of amides is 2. The van der Waals surface area contributed by atoms with Gasteiger partial charge in [0.15, 0.2) is 0 Å². The minimum Gasteiger partial charge on any atom is -0.459 e. The summed E-state index contributed by atoms with van der Waals surface area (Å²) >= 11 is 0. The Morgan fingerprint density at radius 1 is 1.12 bits per heavy atom. The summed E-state index contributed by atoms with van der Waals surface area (Å²) in [5.41, 5.74) is 4.30. The molecule has 4 atom stereocenters. The van der Waals surface area contributed by atoms with E-state index in [1.807, 2.05) is 30.3 Å². The summed E-state index contributed by atoms with van der Waals surface area (Å²) < 4.78 is 17.6. The molecule has 1 aliphatic carbocycles. The quantitative estimate of drug-likeness (QED) is 0.186. The standard InChI is InChI=1S/C32H33BN2O8/c1-41-17-20-14-25-30(32(38)35(31(25)37)22-6-4-5-21(15-22)33(39)40)26-18-42-28(29(20)26)11-8-19(27-7-2-3-12-34-27)13-23-9-10-24(16-36)43-23/h2-7,9-10,12-13,15,25-26,28,30,36,39-40H,8,11,14,16-18H2,1H3/b19-13-/t25-,26+,28-,30-/m1/s1. The van der Waals surface area contributed by atoms with Crippen molar-refractivity contribution in [1.82, 2.24) is 4.98 Å². The number of methoxy groups -OCH3 is 1. The Labute approximate surface area is 249 Å². The van der Waals surface area contributed by atoms with Crippen LogP contribution in [0.1, 0.15) is 36.5 Å². The topological polar surface area (TPSA) is 143 Å². The van der Waals surface area contributed by atoms with Crippen LogP contribution in [0.15, 0.2) is 76.4 Å². The number of carbonyl (C=O) groups excluding carboxylic acids is 2. The third-order valence-corrected chi connectivity index (χ3v) is 8.58. The molecule has 0 saturated carbocycles. The van der Waals surface area contributed by atoms with E-state index in [9.17, 15) is 24.7 Å². The Kier molecular flexibility index (Phi) is 8.42. The smallest absolute Gasteiger partial charge is 0.459 e. The van der Waals surface area contributed by atoms with E-state index in [1.165, 1.54) is 17.0 Å². The fraction of sp³-hybridized carbons (Fsp3) is 0.344. The van der Waals surface area contributed by atoms with Gasteiger partial charge in [-0.2, -0.15) is 0 Å². The number of aliphatic hydroxyl groups excluding tert-OH is 1. The third kappa shape index (κ3) is 5.62. The number of nitrogens with zero attached hydrogens (tertiary/aromatic N) is 2. The van der Waals surface area contributed by atoms with Crippen molar-refractivity contribution in [3.05, 3.63) is 89.2 Å². The number of furan rings is 1. The van der Waals surface area contributed by atoms with Gasteiger partial charge in [0.25, 0.3) is 0 Å². The summed E-state index contributed by atoms with van der Waals surface area (Å²) in [7, 11) is -0.0968. The molecule has 3 N–H and O–H groups in total. The van der Waals surface area contributed by atoms with Gasteiger partial charge in [-0.3, -0.25) is 19.5 Å². The van der Waals surface area contributed by atoms with E-state index in [2.05, 4.69) is 4.98 Å². The normalized spacial score (nSPS) is 23.6. The number of fused-ring (bicyclic) bond motifs is 3. The summed E-state index contributed by atoms with van der Waals surface area (Å²) in [6.07, 6.45) is 5.01. The maximum absolute atomic E-state index is 13.9. The van der Waals surface area contributed by atoms with Crippen molar-refractivity contribution in [2.24, 2.45) is 17.8 Å². The van der Waals surface area contributed by atoms with E-state index in [0.717, 1.165) is 22.4 Å². The molecule has 4 heterocycles. The van der Waals surface area contributed by atoms with E-state index in [-0.39, 0.29) is 35.9 Å². The molecule has 6 rings (SSSR count). The van der Waals surface area contributed by atoms with Crippen molar-refractivity contribution in [3.8, 4) is 0 Å². The molecule has 2 fully saturated rings. The highest BCUT2D eigenvalue weighted by molar-refractivity contribution is 6.58. The number of hydrogen-bond acceptors (Lipinski definition) is 9. The molecule has 43 heavy (non-hydrogen) atoms. The average molecular weight is 584 g/mol. The molecule has 2 saturated heterocycles. The Morgan fingerprint density at radius 3 is 2.70 bits per heavy atom. The van der Waals surface area contributed by atoms with Crippen LogP contribution >= 0.6 is 0 Å². The minimum atomic E-state index is -1.71. The van der Waals surface area contributed by atoms with Crippen molar-refractivity contribution in [3.63, 3.8) is 0 Å². The number of aliphatic hydroxyl groups is 1. The lowest BCUT2D eigenvalue weighted by Crippen LogP contribution is -2.36. The van der Waals surface area contributed by atoms with E-state index in [4.69, 9.17) is 13.9 Å². The molecule has 0 unspecified atom stereocenters. The Morgan fingerprint density at radius 2 is 1.98 bits per heavy atom. The third-order valence-electron chi connectivity index (χ3n) is 8.58. The van der Waals surface area contributed by atoms with Gasteiger partial charge in [-0.15, -0.1) is 0 Å². The fourth-order valence-electron chi connectivity index (χ4n) is 6.70. The van der Waals surface area contributed by atoms with E-state index in [0.29, 0.717) is 49.7 Å². The fourth-order valence-corrected chi connectivity index (χ4v) is 6.70. The van der Waals surface area contributed by atoms with Crippen LogP contribution in [0.25, 0.3) is 11.6 Å². The molecule has 0 radical (unpaired) electrons. The molecule has 1 aromatic carbocycles. The van der Waals surface area contributed by atoms with Crippen molar-refractivity contribution in [2.75, 3.05) is 25.2 Å². The first-order chi connectivity index (χ1) is 20.9. The van der Waals surface area contributed by atoms with E-state index < -0.39 is 19.0 Å². The van der Waals surface area contributed by atoms with E-state index >= 15 is 0 Å². The number of rotatable bonds is 10. The van der Waals surface area contributed by atoms with Crippen LogP contribution in [0.2, 0.25) is 0 Å². The summed E-state index contributed by atoms with van der Waals surface area (Å²) in [6, 6.07) is 15.5. The van der Waals surface area contributed by atoms with Gasteiger partial charge in [-0.1, -0.05) is 18.2 Å². The van der Waals surface area contributed by atoms with Gasteiger partial charge in [0.2, 0.25) is 11.8 Å². The van der Waals surface area contributed by atoms with Gasteiger partial charge in [-0.25, -0.2) is 0 Å². The van der Waals surface area contributed by atoms with Gasteiger partial charge in [0.1, 0.15) is 18.1 Å². The van der Waals surface area contributed by atoms with Crippen molar-refractivity contribution in [1.29, 1.82) is 0 Å². The molecule has 0 spiro atoms. The zero-order chi connectivity index (χ0) is 30.1. The van der Waals surface area contributed by atoms with Gasteiger partial charge in [0, 0.05) is 19.2 Å². The van der Waals surface area contributed by atoms with Gasteiger partial charge in [0.05, 0.1) is 42.5 Å². The van der Waals surface area contributed by atoms with Crippen molar-refractivity contribution >= 4 is 41.7 Å². The number of carbonyl (C=O) groups is 2. The number of pyridine rings is 1. The van der Waals surface area contributed by atoms with Crippen LogP contribution in [0, 0.1) is 17.8 Å². The maximum atomic E-state index is 13.9. The highest BCUT2D eigenvalue weighted by atomic mass is 16.5. The monoisotopic (exact) mass is 584 g/mol. The van der Waals surface area contributed by atoms with Crippen molar-refractivity contribution in [2.45, 2.75) is 32.0 Å². The number of imide groups is 1. The summed E-state index contributed by atoms with van der Waals surface area (Å²) in [4.78, 5) is 33.2. The number of benzene rings is 1. The molecule has 0 bridgehead atoms. The number of aromatic nitrogens is 1. The van der Waals surface area contributed by atoms with Gasteiger partial charge < -0.3 is 29.0 Å². The molecule has 222 valence electrons. The van der Waals surface area contributed by atoms with Crippen LogP contribution in [0.5, 0.6) is 0 Å². The Bertz CT molecular complexity index is 1570. The summed E-state index contributed by atoms with van der Waals surface area (Å²) in [5.74, 6) is -0.874. The SMILES string of the molecule is COCC1=C2[C@@H](CC/C(=C/c3ccc(CO)o3)c3ccccn3)OC[C@@H]2[C@@H]2C(=O)N(c3cccc(B(O)O)c3)C(=O)[C@@H]2C1. The second kappa shape index (κ2) is 12.4. The number of ether oxygens (including phenoxy) is 2. The number of hydrogen-bond donors (Lipinski definition) is 3. The maximum Gasteiger partial charge on any atom is 0.488 e. The Hall–Kier alpha value is -3.87. The lowest BCUT2D eigenvalue weighted by atomic mass is 9.69. The molecule has 3 aliphatic rings. The number of allylic oxidation sites excluding steroid dienone is 1. The summed E-state index contributed by atoms with van der Waals surface area (Å²) in [6.45, 7) is 0.468. The molecule has 2 aromatic heterocycles. The average Bonchev–Trinajstić information content (AvgIpc) is 3.72. The highest BCUT2D eigenvalue weighted by Gasteiger charge is 2.57. The zero-order valence-corrected chi connectivity index (χ0v) is 23.8. The lowest BCUT2D eigenvalue weighted by Gasteiger charge is -2.31. The minimum absolute atomic E-state index is 0.184. The largest absolute Gasteiger partial charge is 0.488 e. The zero-order valence-electron chi connectivity index (χ0n) is 23.8. The molecular weight excluding hydrogens is 551 g/mol. The first-order valence-electron chi connectivity index (χ1n) is 14.4. The van der Waals surface area contributed by atoms with Crippen LogP contribution in [-0.2, 0) is 25.7 Å². The first kappa shape index (κ1) is 29.2. The molecule has 10 nitrogen and oxygen atoms in total.